The van der Waals surface area contributed by atoms with Crippen LogP contribution in [0.5, 0.6) is 0 Å². The molecule has 3 aromatic rings. The van der Waals surface area contributed by atoms with E-state index in [1.807, 2.05) is 0 Å². The maximum atomic E-state index is 12.4. The molecule has 1 N–H and O–H groups in total. The van der Waals surface area contributed by atoms with E-state index < -0.39 is 67.3 Å². The molecule has 0 spiro atoms. The summed E-state index contributed by atoms with van der Waals surface area (Å²) in [6, 6.07) is 13.8. The minimum atomic E-state index is -1.47. The van der Waals surface area contributed by atoms with Crippen LogP contribution >= 0.6 is 0 Å². The van der Waals surface area contributed by atoms with Crippen molar-refractivity contribution in [3.63, 3.8) is 0 Å². The first kappa shape index (κ1) is 52.7. The molecule has 1 aliphatic rings. The predicted octanol–water partition coefficient (Wildman–Crippen LogP) is -3.83. The molecule has 2 amide bonds. The summed E-state index contributed by atoms with van der Waals surface area (Å²) in [6.07, 6.45) is 5.65. The molecule has 0 radical (unpaired) electrons. The van der Waals surface area contributed by atoms with Crippen LogP contribution in [0.1, 0.15) is 94.9 Å². The summed E-state index contributed by atoms with van der Waals surface area (Å²) >= 11 is 0. The molecule has 338 valence electrons. The molecule has 0 unspecified atom stereocenters. The van der Waals surface area contributed by atoms with Crippen LogP contribution in [0.4, 0.5) is 0 Å². The topological polar surface area (TPSA) is 302 Å². The smallest absolute Gasteiger partial charge is 0.862 e. The third kappa shape index (κ3) is 18.6. The third-order valence-corrected chi connectivity index (χ3v) is 9.80. The molecule has 21 heteroatoms. The number of aromatic nitrogens is 3. The summed E-state index contributed by atoms with van der Waals surface area (Å²) in [5, 5.41) is 57.0. The SMILES string of the molecule is O=C([O-])CN(CC(=O)[O-])Cc1cccc(-c2cccc(-c3cccc(CN(CC(=O)[O-])[C@@H](CCCCN=C([O-])CCCCCCCCC(=O)ON4C(=O)CCC4=O)C(=O)O)n3)n2)n1.[Na+]. The van der Waals surface area contributed by atoms with Crippen molar-refractivity contribution in [2.75, 3.05) is 26.2 Å². The number of hydroxylamine groups is 2. The van der Waals surface area contributed by atoms with Crippen LogP contribution < -0.4 is 50.0 Å². The van der Waals surface area contributed by atoms with Crippen molar-refractivity contribution in [1.82, 2.24) is 29.8 Å². The average Bonchev–Trinajstić information content (AvgIpc) is 3.54. The number of aliphatic imine (C=N–C) groups is 1. The molecule has 3 aromatic heterocycles. The van der Waals surface area contributed by atoms with E-state index in [9.17, 15) is 59.1 Å². The molecule has 1 fully saturated rings. The Bertz CT molecular complexity index is 2090. The van der Waals surface area contributed by atoms with E-state index in [1.165, 1.54) is 4.90 Å². The number of carbonyl (C=O) groups excluding carboxylic acids is 6. The van der Waals surface area contributed by atoms with Crippen LogP contribution in [0.2, 0.25) is 0 Å². The number of amides is 2. The number of rotatable bonds is 29. The van der Waals surface area contributed by atoms with Gasteiger partial charge in [-0.05, 0) is 80.8 Å². The third-order valence-electron chi connectivity index (χ3n) is 9.80. The fraction of sp³-hybridized carbons (Fsp3) is 0.465. The van der Waals surface area contributed by atoms with Crippen LogP contribution in [0.15, 0.2) is 59.6 Å². The van der Waals surface area contributed by atoms with Gasteiger partial charge in [0.15, 0.2) is 0 Å². The number of carbonyl (C=O) groups is 7. The quantitative estimate of drug-likeness (QED) is 0.0229. The number of hydrogen-bond donors (Lipinski definition) is 1. The molecule has 0 saturated carbocycles. The van der Waals surface area contributed by atoms with Crippen molar-refractivity contribution in [2.45, 2.75) is 103 Å². The van der Waals surface area contributed by atoms with Gasteiger partial charge in [-0.2, -0.15) is 0 Å². The monoisotopic (exact) mass is 894 g/mol. The van der Waals surface area contributed by atoms with Crippen LogP contribution in [0, 0.1) is 0 Å². The van der Waals surface area contributed by atoms with Crippen molar-refractivity contribution < 1.29 is 93.5 Å². The molecule has 1 atom stereocenters. The molecule has 0 aromatic carbocycles. The van der Waals surface area contributed by atoms with Gasteiger partial charge in [-0.25, -0.2) is 19.7 Å². The number of hydrogen-bond acceptors (Lipinski definition) is 18. The number of aliphatic carboxylic acids is 4. The normalized spacial score (nSPS) is 13.2. The van der Waals surface area contributed by atoms with Crippen molar-refractivity contribution in [1.29, 1.82) is 0 Å². The van der Waals surface area contributed by atoms with Gasteiger partial charge in [0.1, 0.15) is 6.04 Å². The maximum Gasteiger partial charge on any atom is 1.00 e. The number of carboxylic acids is 4. The fourth-order valence-electron chi connectivity index (χ4n) is 6.81. The van der Waals surface area contributed by atoms with Crippen LogP contribution in [0.25, 0.3) is 22.8 Å². The van der Waals surface area contributed by atoms with Gasteiger partial charge < -0.3 is 49.7 Å². The van der Waals surface area contributed by atoms with Gasteiger partial charge in [0.05, 0.1) is 52.1 Å². The maximum absolute atomic E-state index is 12.4. The van der Waals surface area contributed by atoms with E-state index >= 15 is 0 Å². The van der Waals surface area contributed by atoms with E-state index in [1.54, 1.807) is 54.6 Å². The average molecular weight is 895 g/mol. The van der Waals surface area contributed by atoms with Crippen molar-refractivity contribution in [2.24, 2.45) is 4.99 Å². The van der Waals surface area contributed by atoms with E-state index in [4.69, 9.17) is 4.84 Å². The Labute approximate surface area is 391 Å². The molecular formula is C43H49N7NaO13-3. The number of carboxylic acid groups (broad SMARTS) is 4. The van der Waals surface area contributed by atoms with Gasteiger partial charge in [-0.15, -0.1) is 5.06 Å². The van der Waals surface area contributed by atoms with Gasteiger partial charge in [0.2, 0.25) is 0 Å². The second-order valence-electron chi connectivity index (χ2n) is 14.9. The van der Waals surface area contributed by atoms with E-state index in [2.05, 4.69) is 19.9 Å². The molecule has 64 heavy (non-hydrogen) atoms. The Hall–Kier alpha value is -5.67. The van der Waals surface area contributed by atoms with E-state index in [0.29, 0.717) is 64.9 Å². The fourth-order valence-corrected chi connectivity index (χ4v) is 6.81. The van der Waals surface area contributed by atoms with E-state index in [-0.39, 0.29) is 87.2 Å². The minimum Gasteiger partial charge on any atom is -0.862 e. The van der Waals surface area contributed by atoms with Gasteiger partial charge in [0, 0.05) is 58.5 Å². The summed E-state index contributed by atoms with van der Waals surface area (Å²) in [5.74, 6) is -7.54. The summed E-state index contributed by atoms with van der Waals surface area (Å²) in [5.41, 5.74) is 2.39. The van der Waals surface area contributed by atoms with Crippen LogP contribution in [0.3, 0.4) is 0 Å². The minimum absolute atomic E-state index is 0. The van der Waals surface area contributed by atoms with E-state index in [0.717, 1.165) is 30.6 Å². The Kier molecular flexibility index (Phi) is 22.6. The zero-order chi connectivity index (χ0) is 45.7. The number of unbranched alkanes of at least 4 members (excludes halogenated alkanes) is 6. The standard InChI is InChI=1S/C43H53N7O13.Na/c51-36(19-5-3-1-2-4-6-20-42(60)63-50-37(52)21-22-38(50)53)44-23-8-7-18-35(43(61)62)49(28-41(58)59)25-30-13-10-15-32(46-30)34-17-11-16-33(47-34)31-14-9-12-29(45-31)24-48(26-39(54)55)27-40(56)57;/h9-17,35H,1-8,18-28H2,(H,44,51)(H,54,55)(H,56,57)(H,58,59)(H,61,62);/q;+1/p-4/t35-;/m0./s1. The molecule has 0 bridgehead atoms. The molecule has 1 aliphatic heterocycles. The zero-order valence-corrected chi connectivity index (χ0v) is 37.7. The van der Waals surface area contributed by atoms with Crippen molar-refractivity contribution in [3.05, 3.63) is 66.0 Å². The summed E-state index contributed by atoms with van der Waals surface area (Å²) in [4.78, 5) is 106. The summed E-state index contributed by atoms with van der Waals surface area (Å²) < 4.78 is 0. The molecular weight excluding hydrogens is 845 g/mol. The number of nitrogens with zero attached hydrogens (tertiary/aromatic N) is 7. The predicted molar refractivity (Wildman–Crippen MR) is 213 cm³/mol. The zero-order valence-electron chi connectivity index (χ0n) is 35.7. The molecule has 4 heterocycles. The first-order chi connectivity index (χ1) is 30.2. The first-order valence-electron chi connectivity index (χ1n) is 20.6. The summed E-state index contributed by atoms with van der Waals surface area (Å²) in [6.45, 7) is -2.03. The Morgan fingerprint density at radius 1 is 0.656 bits per heavy atom. The Morgan fingerprint density at radius 2 is 1.14 bits per heavy atom. The van der Waals surface area contributed by atoms with Crippen LogP contribution in [-0.4, -0.2) is 115 Å². The second kappa shape index (κ2) is 27.5. The molecule has 1 saturated heterocycles. The number of imide groups is 1. The van der Waals surface area contributed by atoms with Gasteiger partial charge in [0.25, 0.3) is 11.8 Å². The molecule has 20 nitrogen and oxygen atoms in total. The molecule has 0 aliphatic carbocycles. The van der Waals surface area contributed by atoms with Gasteiger partial charge >= 0.3 is 41.5 Å². The number of pyridine rings is 3. The largest absolute Gasteiger partial charge is 1.00 e. The second-order valence-corrected chi connectivity index (χ2v) is 14.9. The Balaban J connectivity index is 0.0000109. The first-order valence-corrected chi connectivity index (χ1v) is 20.6. The van der Waals surface area contributed by atoms with Crippen LogP contribution in [-0.2, 0) is 51.5 Å². The van der Waals surface area contributed by atoms with Gasteiger partial charge in [-0.3, -0.25) is 24.2 Å². The molecule has 4 rings (SSSR count). The van der Waals surface area contributed by atoms with Crippen molar-refractivity contribution >= 4 is 47.6 Å². The summed E-state index contributed by atoms with van der Waals surface area (Å²) in [7, 11) is 0. The Morgan fingerprint density at radius 3 is 1.67 bits per heavy atom. The van der Waals surface area contributed by atoms with Crippen molar-refractivity contribution in [3.8, 4) is 22.8 Å². The van der Waals surface area contributed by atoms with Gasteiger partial charge in [-0.1, -0.05) is 43.9 Å².